The molecule has 1 aliphatic carbocycles. The quantitative estimate of drug-likeness (QED) is 0.727. The van der Waals surface area contributed by atoms with Gasteiger partial charge in [0.15, 0.2) is 0 Å². The molecule has 1 aliphatic heterocycles. The van der Waals surface area contributed by atoms with Crippen molar-refractivity contribution in [1.82, 2.24) is 4.90 Å². The number of aliphatic hydroxyl groups is 1. The van der Waals surface area contributed by atoms with Gasteiger partial charge >= 0.3 is 0 Å². The Kier molecular flexibility index (Phi) is 4.66. The van der Waals surface area contributed by atoms with E-state index in [0.29, 0.717) is 6.61 Å². The van der Waals surface area contributed by atoms with Crippen LogP contribution in [0.3, 0.4) is 0 Å². The highest BCUT2D eigenvalue weighted by Gasteiger charge is 2.36. The molecule has 2 heteroatoms. The topological polar surface area (TPSA) is 23.5 Å². The molecule has 1 saturated heterocycles. The lowest BCUT2D eigenvalue weighted by molar-refractivity contribution is 0.107. The first kappa shape index (κ1) is 12.4. The molecule has 2 rings (SSSR count). The smallest absolute Gasteiger partial charge is 0.0431 e. The average Bonchev–Trinajstić information content (AvgIpc) is 2.76. The predicted molar refractivity (Wildman–Crippen MR) is 67.5 cm³/mol. The number of hydrogen-bond donors (Lipinski definition) is 1. The lowest BCUT2D eigenvalue weighted by Gasteiger charge is -2.39. The van der Waals surface area contributed by atoms with Gasteiger partial charge in [0.2, 0.25) is 0 Å². The first-order valence-electron chi connectivity index (χ1n) is 7.18. The van der Waals surface area contributed by atoms with E-state index in [-0.39, 0.29) is 0 Å². The fourth-order valence-electron chi connectivity index (χ4n) is 3.50. The standard InChI is InChI=1S/C14H27NO/c16-13-5-1-4-10-15-11-8-14(9-12-15)6-2-3-7-14/h16H,1-13H2. The summed E-state index contributed by atoms with van der Waals surface area (Å²) in [6, 6.07) is 0. The van der Waals surface area contributed by atoms with Gasteiger partial charge in [0, 0.05) is 6.61 Å². The summed E-state index contributed by atoms with van der Waals surface area (Å²) in [6.07, 6.45) is 12.3. The lowest BCUT2D eigenvalue weighted by Crippen LogP contribution is -2.39. The Morgan fingerprint density at radius 2 is 1.56 bits per heavy atom. The minimum absolute atomic E-state index is 0.364. The van der Waals surface area contributed by atoms with E-state index in [1.165, 1.54) is 71.0 Å². The summed E-state index contributed by atoms with van der Waals surface area (Å²) >= 11 is 0. The van der Waals surface area contributed by atoms with Crippen molar-refractivity contribution in [3.8, 4) is 0 Å². The van der Waals surface area contributed by atoms with Gasteiger partial charge in [0.1, 0.15) is 0 Å². The number of likely N-dealkylation sites (tertiary alicyclic amines) is 1. The summed E-state index contributed by atoms with van der Waals surface area (Å²) < 4.78 is 0. The van der Waals surface area contributed by atoms with Crippen molar-refractivity contribution >= 4 is 0 Å². The Hall–Kier alpha value is -0.0800. The summed E-state index contributed by atoms with van der Waals surface area (Å²) in [4.78, 5) is 2.64. The van der Waals surface area contributed by atoms with Crippen LogP contribution >= 0.6 is 0 Å². The Bertz CT molecular complexity index is 189. The number of nitrogens with zero attached hydrogens (tertiary/aromatic N) is 1. The van der Waals surface area contributed by atoms with Gasteiger partial charge in [-0.15, -0.1) is 0 Å². The van der Waals surface area contributed by atoms with Gasteiger partial charge in [0.05, 0.1) is 0 Å². The summed E-state index contributed by atoms with van der Waals surface area (Å²) in [5.41, 5.74) is 0.765. The minimum Gasteiger partial charge on any atom is -0.396 e. The number of aliphatic hydroxyl groups excluding tert-OH is 1. The van der Waals surface area contributed by atoms with Crippen LogP contribution in [-0.2, 0) is 0 Å². The SMILES string of the molecule is OCCCCCN1CCC2(CCCC2)CC1. The van der Waals surface area contributed by atoms with Gasteiger partial charge in [-0.05, 0) is 70.0 Å². The normalized spacial score (nSPS) is 25.3. The molecular formula is C14H27NO. The highest BCUT2D eigenvalue weighted by Crippen LogP contribution is 2.46. The lowest BCUT2D eigenvalue weighted by atomic mass is 9.77. The van der Waals surface area contributed by atoms with E-state index in [0.717, 1.165) is 11.8 Å². The number of rotatable bonds is 5. The largest absolute Gasteiger partial charge is 0.396 e. The first-order valence-corrected chi connectivity index (χ1v) is 7.18. The van der Waals surface area contributed by atoms with E-state index < -0.39 is 0 Å². The predicted octanol–water partition coefficient (Wildman–Crippen LogP) is 2.81. The summed E-state index contributed by atoms with van der Waals surface area (Å²) in [5.74, 6) is 0. The van der Waals surface area contributed by atoms with Gasteiger partial charge in [0.25, 0.3) is 0 Å². The van der Waals surface area contributed by atoms with Gasteiger partial charge in [-0.25, -0.2) is 0 Å². The molecule has 1 heterocycles. The van der Waals surface area contributed by atoms with Crippen LogP contribution in [0.1, 0.15) is 57.8 Å². The van der Waals surface area contributed by atoms with E-state index in [2.05, 4.69) is 4.90 Å². The zero-order valence-corrected chi connectivity index (χ0v) is 10.6. The highest BCUT2D eigenvalue weighted by atomic mass is 16.2. The second-order valence-electron chi connectivity index (χ2n) is 5.83. The Morgan fingerprint density at radius 1 is 0.875 bits per heavy atom. The van der Waals surface area contributed by atoms with Crippen molar-refractivity contribution in [2.75, 3.05) is 26.2 Å². The van der Waals surface area contributed by atoms with Crippen molar-refractivity contribution < 1.29 is 5.11 Å². The monoisotopic (exact) mass is 225 g/mol. The molecule has 0 amide bonds. The summed E-state index contributed by atoms with van der Waals surface area (Å²) in [5, 5.41) is 8.73. The maximum Gasteiger partial charge on any atom is 0.0431 e. The summed E-state index contributed by atoms with van der Waals surface area (Å²) in [7, 11) is 0. The second kappa shape index (κ2) is 6.02. The Morgan fingerprint density at radius 3 is 2.19 bits per heavy atom. The van der Waals surface area contributed by atoms with Gasteiger partial charge < -0.3 is 10.0 Å². The maximum atomic E-state index is 8.73. The molecule has 0 atom stereocenters. The van der Waals surface area contributed by atoms with Gasteiger partial charge in [-0.2, -0.15) is 0 Å². The Labute approximate surface area is 100 Å². The first-order chi connectivity index (χ1) is 7.85. The van der Waals surface area contributed by atoms with Crippen LogP contribution in [0.2, 0.25) is 0 Å². The molecule has 1 saturated carbocycles. The second-order valence-corrected chi connectivity index (χ2v) is 5.83. The van der Waals surface area contributed by atoms with Crippen molar-refractivity contribution in [3.05, 3.63) is 0 Å². The molecule has 0 radical (unpaired) electrons. The molecule has 2 nitrogen and oxygen atoms in total. The van der Waals surface area contributed by atoms with Crippen molar-refractivity contribution in [2.45, 2.75) is 57.8 Å². The van der Waals surface area contributed by atoms with Crippen LogP contribution in [-0.4, -0.2) is 36.2 Å². The number of piperidine rings is 1. The van der Waals surface area contributed by atoms with Crippen LogP contribution < -0.4 is 0 Å². The molecule has 2 aliphatic rings. The molecular weight excluding hydrogens is 198 g/mol. The van der Waals surface area contributed by atoms with E-state index in [1.54, 1.807) is 0 Å². The van der Waals surface area contributed by atoms with Gasteiger partial charge in [-0.1, -0.05) is 12.8 Å². The van der Waals surface area contributed by atoms with Crippen molar-refractivity contribution in [2.24, 2.45) is 5.41 Å². The van der Waals surface area contributed by atoms with E-state index in [4.69, 9.17) is 5.11 Å². The van der Waals surface area contributed by atoms with Gasteiger partial charge in [-0.3, -0.25) is 0 Å². The van der Waals surface area contributed by atoms with Crippen molar-refractivity contribution in [3.63, 3.8) is 0 Å². The molecule has 0 aromatic carbocycles. The zero-order valence-electron chi connectivity index (χ0n) is 10.6. The molecule has 94 valence electrons. The zero-order chi connectivity index (χ0) is 11.3. The molecule has 2 fully saturated rings. The fraction of sp³-hybridized carbons (Fsp3) is 1.00. The molecule has 1 spiro atoms. The Balaban J connectivity index is 1.61. The molecule has 1 N–H and O–H groups in total. The van der Waals surface area contributed by atoms with E-state index in [1.807, 2.05) is 0 Å². The fourth-order valence-corrected chi connectivity index (χ4v) is 3.50. The third-order valence-corrected chi connectivity index (χ3v) is 4.71. The third-order valence-electron chi connectivity index (χ3n) is 4.71. The molecule has 0 aromatic heterocycles. The highest BCUT2D eigenvalue weighted by molar-refractivity contribution is 4.89. The van der Waals surface area contributed by atoms with Crippen molar-refractivity contribution in [1.29, 1.82) is 0 Å². The van der Waals surface area contributed by atoms with Crippen LogP contribution in [0.5, 0.6) is 0 Å². The molecule has 0 unspecified atom stereocenters. The van der Waals surface area contributed by atoms with E-state index >= 15 is 0 Å². The number of hydrogen-bond acceptors (Lipinski definition) is 2. The average molecular weight is 225 g/mol. The summed E-state index contributed by atoms with van der Waals surface area (Å²) in [6.45, 7) is 4.29. The molecule has 0 bridgehead atoms. The minimum atomic E-state index is 0.364. The molecule has 16 heavy (non-hydrogen) atoms. The van der Waals surface area contributed by atoms with Crippen LogP contribution in [0, 0.1) is 5.41 Å². The molecule has 0 aromatic rings. The van der Waals surface area contributed by atoms with Crippen LogP contribution in [0.4, 0.5) is 0 Å². The third kappa shape index (κ3) is 3.21. The van der Waals surface area contributed by atoms with E-state index in [9.17, 15) is 0 Å². The maximum absolute atomic E-state index is 8.73. The van der Waals surface area contributed by atoms with Crippen LogP contribution in [0.25, 0.3) is 0 Å². The van der Waals surface area contributed by atoms with Crippen LogP contribution in [0.15, 0.2) is 0 Å². The number of unbranched alkanes of at least 4 members (excludes halogenated alkanes) is 2.